The van der Waals surface area contributed by atoms with Crippen molar-refractivity contribution in [1.82, 2.24) is 19.0 Å². The Labute approximate surface area is 183 Å². The van der Waals surface area contributed by atoms with E-state index >= 15 is 0 Å². The largest absolute Gasteiger partial charge is 0.284 e. The average molecular weight is 472 g/mol. The highest BCUT2D eigenvalue weighted by molar-refractivity contribution is 7.89. The van der Waals surface area contributed by atoms with E-state index in [2.05, 4.69) is 10.00 Å². The number of benzene rings is 1. The lowest BCUT2D eigenvalue weighted by molar-refractivity contribution is -0.116. The summed E-state index contributed by atoms with van der Waals surface area (Å²) in [6.07, 6.45) is 1.97. The first-order valence-corrected chi connectivity index (χ1v) is 12.3. The van der Waals surface area contributed by atoms with Crippen LogP contribution in [0.3, 0.4) is 0 Å². The monoisotopic (exact) mass is 471 g/mol. The van der Waals surface area contributed by atoms with E-state index in [4.69, 9.17) is 12.2 Å². The van der Waals surface area contributed by atoms with Crippen LogP contribution in [-0.4, -0.2) is 65.5 Å². The maximum atomic E-state index is 13.1. The molecule has 8 nitrogen and oxygen atoms in total. The summed E-state index contributed by atoms with van der Waals surface area (Å²) in [4.78, 5) is 15.8. The second-order valence-electron chi connectivity index (χ2n) is 7.39. The Balaban J connectivity index is 1.40. The number of carbonyl (C=O) groups excluding carboxylic acids is 1. The van der Waals surface area contributed by atoms with E-state index in [1.807, 2.05) is 0 Å². The van der Waals surface area contributed by atoms with Crippen LogP contribution in [0.15, 0.2) is 29.2 Å². The van der Waals surface area contributed by atoms with Gasteiger partial charge in [0.25, 0.3) is 0 Å². The van der Waals surface area contributed by atoms with Crippen molar-refractivity contribution in [3.8, 4) is 0 Å². The molecule has 0 bridgehead atoms. The Hall–Kier alpha value is -1.73. The van der Waals surface area contributed by atoms with E-state index in [-0.39, 0.29) is 16.8 Å². The lowest BCUT2D eigenvalue weighted by Gasteiger charge is -2.33. The van der Waals surface area contributed by atoms with Gasteiger partial charge >= 0.3 is 0 Å². The van der Waals surface area contributed by atoms with Gasteiger partial charge in [0.05, 0.1) is 11.6 Å². The summed E-state index contributed by atoms with van der Waals surface area (Å²) in [5.41, 5.74) is 0. The minimum atomic E-state index is -3.65. The first kappa shape index (κ1) is 21.5. The molecule has 1 aromatic heterocycles. The molecule has 2 aliphatic rings. The molecule has 1 aliphatic carbocycles. The van der Waals surface area contributed by atoms with Crippen LogP contribution < -0.4 is 4.90 Å². The summed E-state index contributed by atoms with van der Waals surface area (Å²) in [6.45, 7) is 3.67. The molecule has 4 rings (SSSR count). The van der Waals surface area contributed by atoms with Gasteiger partial charge in [0.15, 0.2) is 3.95 Å². The minimum Gasteiger partial charge on any atom is -0.284 e. The molecule has 12 heteroatoms. The highest BCUT2D eigenvalue weighted by atomic mass is 32.2. The van der Waals surface area contributed by atoms with Crippen molar-refractivity contribution in [3.63, 3.8) is 0 Å². The summed E-state index contributed by atoms with van der Waals surface area (Å²) in [5, 5.41) is 5.16. The Kier molecular flexibility index (Phi) is 6.04. The zero-order valence-electron chi connectivity index (χ0n) is 16.4. The minimum absolute atomic E-state index is 0.0342. The fraction of sp³-hybridized carbons (Fsp3) is 0.500. The molecule has 0 spiro atoms. The quantitative estimate of drug-likeness (QED) is 0.602. The van der Waals surface area contributed by atoms with Gasteiger partial charge in [-0.1, -0.05) is 11.3 Å². The molecule has 2 fully saturated rings. The third kappa shape index (κ3) is 4.47. The molecule has 1 saturated heterocycles. The Morgan fingerprint density at radius 3 is 2.43 bits per heavy atom. The number of piperazine rings is 1. The van der Waals surface area contributed by atoms with Crippen molar-refractivity contribution in [1.29, 1.82) is 0 Å². The van der Waals surface area contributed by atoms with Gasteiger partial charge in [0.1, 0.15) is 5.82 Å². The molecule has 1 aromatic carbocycles. The van der Waals surface area contributed by atoms with Crippen LogP contribution in [0.5, 0.6) is 0 Å². The van der Waals surface area contributed by atoms with Crippen molar-refractivity contribution < 1.29 is 17.6 Å². The van der Waals surface area contributed by atoms with E-state index in [1.54, 1.807) is 9.58 Å². The number of halogens is 1. The normalized spacial score (nSPS) is 18.5. The summed E-state index contributed by atoms with van der Waals surface area (Å²) in [5.74, 6) is -0.504. The number of amides is 1. The van der Waals surface area contributed by atoms with Crippen LogP contribution in [0, 0.1) is 9.77 Å². The van der Waals surface area contributed by atoms with Gasteiger partial charge in [0, 0.05) is 39.1 Å². The maximum absolute atomic E-state index is 13.1. The topological polar surface area (TPSA) is 78.8 Å². The molecule has 0 N–H and O–H groups in total. The van der Waals surface area contributed by atoms with E-state index in [9.17, 15) is 17.6 Å². The van der Waals surface area contributed by atoms with Gasteiger partial charge < -0.3 is 0 Å². The summed E-state index contributed by atoms with van der Waals surface area (Å²) >= 11 is 6.75. The molecule has 30 heavy (non-hydrogen) atoms. The number of sulfonamides is 1. The van der Waals surface area contributed by atoms with E-state index in [0.29, 0.717) is 41.9 Å². The molecular weight excluding hydrogens is 449 g/mol. The lowest BCUT2D eigenvalue weighted by Crippen LogP contribution is -2.48. The van der Waals surface area contributed by atoms with Crippen LogP contribution in [0.1, 0.15) is 19.8 Å². The molecule has 2 heterocycles. The third-order valence-electron chi connectivity index (χ3n) is 5.17. The summed E-state index contributed by atoms with van der Waals surface area (Å²) in [7, 11) is -3.65. The number of nitrogens with zero attached hydrogens (tertiary/aromatic N) is 5. The van der Waals surface area contributed by atoms with Gasteiger partial charge in [-0.15, -0.1) is 5.10 Å². The third-order valence-corrected chi connectivity index (χ3v) is 8.39. The number of hydrogen-bond acceptors (Lipinski definition) is 7. The standard InChI is InChI=1S/C18H22FN5O3S3/c1-13(25)24(15-4-5-15)17-20-23(18(28)29-17)12-21-8-10-22(11-9-21)30(26,27)16-6-2-14(19)3-7-16/h2-3,6-7,15H,4-5,8-12H2,1H3. The molecular formula is C18H22FN5O3S3. The van der Waals surface area contributed by atoms with Crippen molar-refractivity contribution in [3.05, 3.63) is 34.0 Å². The molecule has 0 atom stereocenters. The van der Waals surface area contributed by atoms with Crippen LogP contribution in [-0.2, 0) is 21.5 Å². The fourth-order valence-electron chi connectivity index (χ4n) is 3.42. The number of carbonyl (C=O) groups is 1. The highest BCUT2D eigenvalue weighted by Crippen LogP contribution is 2.33. The van der Waals surface area contributed by atoms with Crippen molar-refractivity contribution >= 4 is 44.6 Å². The number of hydrogen-bond donors (Lipinski definition) is 0. The summed E-state index contributed by atoms with van der Waals surface area (Å²) in [6, 6.07) is 5.09. The SMILES string of the molecule is CC(=O)N(c1nn(CN2CCN(S(=O)(=O)c3ccc(F)cc3)CC2)c(=S)s1)C1CC1. The Bertz CT molecular complexity index is 1090. The lowest BCUT2D eigenvalue weighted by atomic mass is 10.4. The van der Waals surface area contributed by atoms with Crippen LogP contribution >= 0.6 is 23.6 Å². The molecule has 0 radical (unpaired) electrons. The van der Waals surface area contributed by atoms with Crippen molar-refractivity contribution in [2.24, 2.45) is 0 Å². The van der Waals surface area contributed by atoms with E-state index in [0.717, 1.165) is 25.0 Å². The fourth-order valence-corrected chi connectivity index (χ4v) is 6.04. The predicted octanol–water partition coefficient (Wildman–Crippen LogP) is 2.29. The molecule has 1 amide bonds. The molecule has 1 saturated carbocycles. The zero-order valence-corrected chi connectivity index (χ0v) is 18.8. The van der Waals surface area contributed by atoms with E-state index < -0.39 is 15.8 Å². The predicted molar refractivity (Wildman–Crippen MR) is 114 cm³/mol. The second-order valence-corrected chi connectivity index (χ2v) is 10.9. The first-order chi connectivity index (χ1) is 14.3. The summed E-state index contributed by atoms with van der Waals surface area (Å²) < 4.78 is 42.3. The Morgan fingerprint density at radius 1 is 1.23 bits per heavy atom. The number of rotatable bonds is 6. The van der Waals surface area contributed by atoms with Crippen molar-refractivity contribution in [2.45, 2.75) is 37.4 Å². The number of anilines is 1. The average Bonchev–Trinajstić information content (AvgIpc) is 3.46. The first-order valence-electron chi connectivity index (χ1n) is 9.61. The van der Waals surface area contributed by atoms with Crippen LogP contribution in [0.25, 0.3) is 0 Å². The van der Waals surface area contributed by atoms with Gasteiger partial charge in [-0.25, -0.2) is 17.5 Å². The van der Waals surface area contributed by atoms with Crippen molar-refractivity contribution in [2.75, 3.05) is 31.1 Å². The van der Waals surface area contributed by atoms with Gasteiger partial charge in [-0.2, -0.15) is 4.31 Å². The Morgan fingerprint density at radius 2 is 1.87 bits per heavy atom. The van der Waals surface area contributed by atoms with E-state index in [1.165, 1.54) is 34.7 Å². The van der Waals surface area contributed by atoms with Crippen LogP contribution in [0.2, 0.25) is 0 Å². The van der Waals surface area contributed by atoms with Crippen LogP contribution in [0.4, 0.5) is 9.52 Å². The molecule has 2 aromatic rings. The molecule has 0 unspecified atom stereocenters. The maximum Gasteiger partial charge on any atom is 0.243 e. The highest BCUT2D eigenvalue weighted by Gasteiger charge is 2.34. The molecule has 1 aliphatic heterocycles. The van der Waals surface area contributed by atoms with Gasteiger partial charge in [-0.05, 0) is 49.3 Å². The van der Waals surface area contributed by atoms with Gasteiger partial charge in [0.2, 0.25) is 21.1 Å². The van der Waals surface area contributed by atoms with Gasteiger partial charge in [-0.3, -0.25) is 14.6 Å². The molecule has 162 valence electrons. The smallest absolute Gasteiger partial charge is 0.243 e. The zero-order chi connectivity index (χ0) is 21.5. The number of aromatic nitrogens is 2. The second kappa shape index (κ2) is 8.42.